The van der Waals surface area contributed by atoms with Gasteiger partial charge < -0.3 is 5.32 Å². The summed E-state index contributed by atoms with van der Waals surface area (Å²) in [5, 5.41) is 3.33. The number of alkyl halides is 3. The molecule has 0 aliphatic heterocycles. The molecule has 0 aliphatic carbocycles. The van der Waals surface area contributed by atoms with Crippen molar-refractivity contribution in [2.45, 2.75) is 45.3 Å². The first-order valence-electron chi connectivity index (χ1n) is 6.33. The van der Waals surface area contributed by atoms with Crippen LogP contribution < -0.4 is 5.32 Å². The minimum Gasteiger partial charge on any atom is -0.314 e. The van der Waals surface area contributed by atoms with Gasteiger partial charge in [-0.15, -0.1) is 0 Å². The quantitative estimate of drug-likeness (QED) is 0.813. The lowest BCUT2D eigenvalue weighted by Crippen LogP contribution is -2.27. The highest BCUT2D eigenvalue weighted by Gasteiger charge is 2.30. The zero-order chi connectivity index (χ0) is 13.6. The van der Waals surface area contributed by atoms with E-state index in [0.717, 1.165) is 31.0 Å². The van der Waals surface area contributed by atoms with Gasteiger partial charge in [0, 0.05) is 6.04 Å². The predicted octanol–water partition coefficient (Wildman–Crippen LogP) is 4.03. The lowest BCUT2D eigenvalue weighted by atomic mass is 10.0. The molecule has 0 aromatic heterocycles. The molecule has 0 spiro atoms. The number of aryl methyl sites for hydroxylation is 1. The number of hydrogen-bond acceptors (Lipinski definition) is 1. The Morgan fingerprint density at radius 3 is 2.61 bits per heavy atom. The van der Waals surface area contributed by atoms with Gasteiger partial charge in [0.25, 0.3) is 0 Å². The van der Waals surface area contributed by atoms with E-state index in [-0.39, 0.29) is 0 Å². The highest BCUT2D eigenvalue weighted by atomic mass is 19.4. The normalized spacial score (nSPS) is 13.6. The van der Waals surface area contributed by atoms with Crippen LogP contribution in [0.4, 0.5) is 13.2 Å². The third kappa shape index (κ3) is 5.08. The summed E-state index contributed by atoms with van der Waals surface area (Å²) in [6.07, 6.45) is -1.67. The molecule has 0 saturated carbocycles. The average molecular weight is 259 g/mol. The summed E-state index contributed by atoms with van der Waals surface area (Å²) in [5.41, 5.74) is 0.184. The van der Waals surface area contributed by atoms with Crippen LogP contribution in [0.3, 0.4) is 0 Å². The molecule has 0 aliphatic rings. The third-order valence-corrected chi connectivity index (χ3v) is 2.86. The summed E-state index contributed by atoms with van der Waals surface area (Å²) in [6.45, 7) is 5.10. The molecule has 1 aromatic carbocycles. The Bertz CT molecular complexity index is 360. The Balaban J connectivity index is 2.52. The van der Waals surface area contributed by atoms with E-state index < -0.39 is 11.7 Å². The van der Waals surface area contributed by atoms with Gasteiger partial charge in [0.1, 0.15) is 0 Å². The first-order valence-corrected chi connectivity index (χ1v) is 6.33. The molecule has 0 heterocycles. The molecule has 0 radical (unpaired) electrons. The Hall–Kier alpha value is -1.03. The second-order valence-electron chi connectivity index (χ2n) is 4.59. The lowest BCUT2D eigenvalue weighted by molar-refractivity contribution is -0.137. The van der Waals surface area contributed by atoms with Crippen molar-refractivity contribution in [1.82, 2.24) is 5.32 Å². The number of benzene rings is 1. The van der Waals surface area contributed by atoms with E-state index in [0.29, 0.717) is 12.5 Å². The molecule has 1 N–H and O–H groups in total. The Labute approximate surface area is 106 Å². The van der Waals surface area contributed by atoms with Gasteiger partial charge in [-0.3, -0.25) is 0 Å². The monoisotopic (exact) mass is 259 g/mol. The summed E-state index contributed by atoms with van der Waals surface area (Å²) < 4.78 is 37.6. The molecular formula is C14H20F3N. The summed E-state index contributed by atoms with van der Waals surface area (Å²) in [4.78, 5) is 0. The molecule has 102 valence electrons. The van der Waals surface area contributed by atoms with Crippen molar-refractivity contribution in [2.75, 3.05) is 6.54 Å². The number of nitrogens with one attached hydrogen (secondary N) is 1. The van der Waals surface area contributed by atoms with Crippen LogP contribution in [0.25, 0.3) is 0 Å². The lowest BCUT2D eigenvalue weighted by Gasteiger charge is -2.13. The fraction of sp³-hybridized carbons (Fsp3) is 0.571. The van der Waals surface area contributed by atoms with Crippen LogP contribution in [-0.2, 0) is 12.6 Å². The Kier molecular flexibility index (Phi) is 5.66. The van der Waals surface area contributed by atoms with Gasteiger partial charge in [-0.25, -0.2) is 0 Å². The molecule has 0 saturated heterocycles. The zero-order valence-electron chi connectivity index (χ0n) is 10.8. The standard InChI is InChI=1S/C14H20F3N/c1-3-9-18-11(2)7-8-12-5-4-6-13(10-12)14(15,16)17/h4-6,10-11,18H,3,7-9H2,1-2H3. The van der Waals surface area contributed by atoms with E-state index >= 15 is 0 Å². The van der Waals surface area contributed by atoms with Crippen molar-refractivity contribution in [2.24, 2.45) is 0 Å². The topological polar surface area (TPSA) is 12.0 Å². The maximum Gasteiger partial charge on any atom is 0.416 e. The molecule has 0 bridgehead atoms. The van der Waals surface area contributed by atoms with E-state index in [1.54, 1.807) is 6.07 Å². The fourth-order valence-electron chi connectivity index (χ4n) is 1.78. The number of rotatable bonds is 6. The van der Waals surface area contributed by atoms with Crippen molar-refractivity contribution in [3.05, 3.63) is 35.4 Å². The van der Waals surface area contributed by atoms with Gasteiger partial charge in [-0.1, -0.05) is 25.1 Å². The average Bonchev–Trinajstić information content (AvgIpc) is 2.33. The fourth-order valence-corrected chi connectivity index (χ4v) is 1.78. The van der Waals surface area contributed by atoms with Crippen LogP contribution in [0.2, 0.25) is 0 Å². The van der Waals surface area contributed by atoms with E-state index in [4.69, 9.17) is 0 Å². The molecule has 1 unspecified atom stereocenters. The van der Waals surface area contributed by atoms with Gasteiger partial charge in [-0.2, -0.15) is 13.2 Å². The SMILES string of the molecule is CCCNC(C)CCc1cccc(C(F)(F)F)c1. The minimum atomic E-state index is -4.25. The molecule has 4 heteroatoms. The van der Waals surface area contributed by atoms with Crippen molar-refractivity contribution < 1.29 is 13.2 Å². The number of halogens is 3. The molecule has 0 fully saturated rings. The van der Waals surface area contributed by atoms with Crippen LogP contribution in [-0.4, -0.2) is 12.6 Å². The highest BCUT2D eigenvalue weighted by molar-refractivity contribution is 5.25. The van der Waals surface area contributed by atoms with Crippen molar-refractivity contribution in [1.29, 1.82) is 0 Å². The maximum atomic E-state index is 12.5. The maximum absolute atomic E-state index is 12.5. The number of hydrogen-bond donors (Lipinski definition) is 1. The molecule has 1 rings (SSSR count). The van der Waals surface area contributed by atoms with Crippen LogP contribution in [0.15, 0.2) is 24.3 Å². The van der Waals surface area contributed by atoms with E-state index in [2.05, 4.69) is 19.2 Å². The third-order valence-electron chi connectivity index (χ3n) is 2.86. The summed E-state index contributed by atoms with van der Waals surface area (Å²) in [7, 11) is 0. The second kappa shape index (κ2) is 6.78. The van der Waals surface area contributed by atoms with Gasteiger partial charge >= 0.3 is 6.18 Å². The second-order valence-corrected chi connectivity index (χ2v) is 4.59. The van der Waals surface area contributed by atoms with Crippen molar-refractivity contribution in [3.8, 4) is 0 Å². The van der Waals surface area contributed by atoms with E-state index in [1.807, 2.05) is 0 Å². The molecule has 1 atom stereocenters. The van der Waals surface area contributed by atoms with Gasteiger partial charge in [0.2, 0.25) is 0 Å². The van der Waals surface area contributed by atoms with Crippen LogP contribution >= 0.6 is 0 Å². The van der Waals surface area contributed by atoms with Crippen LogP contribution in [0.1, 0.15) is 37.8 Å². The first-order chi connectivity index (χ1) is 8.43. The van der Waals surface area contributed by atoms with E-state index in [1.165, 1.54) is 12.1 Å². The highest BCUT2D eigenvalue weighted by Crippen LogP contribution is 2.29. The van der Waals surface area contributed by atoms with Gasteiger partial charge in [-0.05, 0) is 44.4 Å². The smallest absolute Gasteiger partial charge is 0.314 e. The molecule has 1 aromatic rings. The Morgan fingerprint density at radius 1 is 1.28 bits per heavy atom. The van der Waals surface area contributed by atoms with Gasteiger partial charge in [0.05, 0.1) is 5.56 Å². The van der Waals surface area contributed by atoms with Crippen LogP contribution in [0, 0.1) is 0 Å². The molecule has 1 nitrogen and oxygen atoms in total. The van der Waals surface area contributed by atoms with E-state index in [9.17, 15) is 13.2 Å². The van der Waals surface area contributed by atoms with Crippen LogP contribution in [0.5, 0.6) is 0 Å². The molecule has 18 heavy (non-hydrogen) atoms. The molecular weight excluding hydrogens is 239 g/mol. The van der Waals surface area contributed by atoms with Gasteiger partial charge in [0.15, 0.2) is 0 Å². The van der Waals surface area contributed by atoms with Crippen molar-refractivity contribution >= 4 is 0 Å². The predicted molar refractivity (Wildman–Crippen MR) is 67.5 cm³/mol. The van der Waals surface area contributed by atoms with Crippen molar-refractivity contribution in [3.63, 3.8) is 0 Å². The molecule has 0 amide bonds. The summed E-state index contributed by atoms with van der Waals surface area (Å²) in [6, 6.07) is 5.92. The zero-order valence-corrected chi connectivity index (χ0v) is 10.8. The minimum absolute atomic E-state index is 0.333. The largest absolute Gasteiger partial charge is 0.416 e. The Morgan fingerprint density at radius 2 is 2.00 bits per heavy atom. The first kappa shape index (κ1) is 15.0. The summed E-state index contributed by atoms with van der Waals surface area (Å²) in [5.74, 6) is 0. The summed E-state index contributed by atoms with van der Waals surface area (Å²) >= 11 is 0.